The fraction of sp³-hybridized carbons (Fsp3) is 0.114. The summed E-state index contributed by atoms with van der Waals surface area (Å²) in [7, 11) is 0. The summed E-state index contributed by atoms with van der Waals surface area (Å²) in [5, 5.41) is 1.20. The van der Waals surface area contributed by atoms with E-state index in [2.05, 4.69) is 45.2 Å². The van der Waals surface area contributed by atoms with Crippen LogP contribution in [-0.2, 0) is 16.1 Å². The first-order valence-corrected chi connectivity index (χ1v) is 17.9. The van der Waals surface area contributed by atoms with Gasteiger partial charge in [0.1, 0.15) is 12.4 Å². The maximum absolute atomic E-state index is 14.4. The zero-order valence-electron chi connectivity index (χ0n) is 24.2. The molecule has 6 nitrogen and oxygen atoms in total. The summed E-state index contributed by atoms with van der Waals surface area (Å²) in [4.78, 5) is 33.4. The Hall–Kier alpha value is -2.97. The van der Waals surface area contributed by atoms with Gasteiger partial charge in [0.25, 0.3) is 5.56 Å². The maximum Gasteiger partial charge on any atom is 0.338 e. The van der Waals surface area contributed by atoms with Gasteiger partial charge in [0.2, 0.25) is 0 Å². The second kappa shape index (κ2) is 14.4. The SMILES string of the molecule is CCOC(=O)C1=C(c2ccccc2)N=c2s/c(=C\c3cc(I)cc(I)c3OCc3ccc(Cl)cc3)c(=O)n2[C@@H]1c1ccc(Cl)cc1. The van der Waals surface area contributed by atoms with E-state index in [1.165, 1.54) is 11.3 Å². The Labute approximate surface area is 306 Å². The lowest BCUT2D eigenvalue weighted by Crippen LogP contribution is -2.40. The van der Waals surface area contributed by atoms with Crippen molar-refractivity contribution in [1.29, 1.82) is 0 Å². The first kappa shape index (κ1) is 33.0. The molecule has 1 aliphatic rings. The molecular formula is C35H24Cl2I2N2O4S. The Bertz CT molecular complexity index is 2150. The lowest BCUT2D eigenvalue weighted by atomic mass is 9.93. The van der Waals surface area contributed by atoms with Gasteiger partial charge in [-0.05, 0) is 106 Å². The molecule has 11 heteroatoms. The third kappa shape index (κ3) is 6.98. The van der Waals surface area contributed by atoms with Crippen molar-refractivity contribution in [2.45, 2.75) is 19.6 Å². The third-order valence-electron chi connectivity index (χ3n) is 7.18. The minimum atomic E-state index is -0.790. The minimum absolute atomic E-state index is 0.173. The lowest BCUT2D eigenvalue weighted by molar-refractivity contribution is -0.138. The van der Waals surface area contributed by atoms with Gasteiger partial charge in [-0.25, -0.2) is 9.79 Å². The number of nitrogens with zero attached hydrogens (tertiary/aromatic N) is 2. The normalized spacial score (nSPS) is 14.5. The summed E-state index contributed by atoms with van der Waals surface area (Å²) in [6.45, 7) is 2.25. The van der Waals surface area contributed by atoms with Crippen LogP contribution in [0, 0.1) is 7.14 Å². The molecule has 2 heterocycles. The number of benzene rings is 4. The summed E-state index contributed by atoms with van der Waals surface area (Å²) >= 11 is 18.1. The quantitative estimate of drug-likeness (QED) is 0.117. The van der Waals surface area contributed by atoms with Crippen LogP contribution in [0.4, 0.5) is 0 Å². The summed E-state index contributed by atoms with van der Waals surface area (Å²) in [5.41, 5.74) is 3.63. The third-order valence-corrected chi connectivity index (χ3v) is 10.1. The van der Waals surface area contributed by atoms with Crippen molar-refractivity contribution >= 4 is 97.5 Å². The van der Waals surface area contributed by atoms with Crippen molar-refractivity contribution in [2.24, 2.45) is 4.99 Å². The molecule has 0 bridgehead atoms. The van der Waals surface area contributed by atoms with Gasteiger partial charge < -0.3 is 9.47 Å². The van der Waals surface area contributed by atoms with Gasteiger partial charge in [0, 0.05) is 24.7 Å². The fourth-order valence-electron chi connectivity index (χ4n) is 5.12. The molecule has 0 radical (unpaired) electrons. The molecule has 0 N–H and O–H groups in total. The monoisotopic (exact) mass is 892 g/mol. The van der Waals surface area contributed by atoms with Crippen LogP contribution >= 0.6 is 79.7 Å². The van der Waals surface area contributed by atoms with Gasteiger partial charge >= 0.3 is 5.97 Å². The smallest absolute Gasteiger partial charge is 0.338 e. The van der Waals surface area contributed by atoms with Crippen LogP contribution in [0.1, 0.15) is 35.2 Å². The zero-order valence-corrected chi connectivity index (χ0v) is 30.8. The predicted octanol–water partition coefficient (Wildman–Crippen LogP) is 8.03. The number of rotatable bonds is 8. The number of thiazole rings is 1. The van der Waals surface area contributed by atoms with Gasteiger partial charge in [-0.2, -0.15) is 0 Å². The van der Waals surface area contributed by atoms with Gasteiger partial charge in [-0.15, -0.1) is 0 Å². The molecule has 6 rings (SSSR count). The van der Waals surface area contributed by atoms with E-state index in [-0.39, 0.29) is 17.7 Å². The number of carbonyl (C=O) groups is 1. The summed E-state index contributed by atoms with van der Waals surface area (Å²) in [6.07, 6.45) is 1.83. The molecule has 4 aromatic carbocycles. The molecule has 232 valence electrons. The van der Waals surface area contributed by atoms with Crippen molar-refractivity contribution in [3.8, 4) is 5.75 Å². The van der Waals surface area contributed by atoms with Gasteiger partial charge in [0.05, 0.1) is 32.0 Å². The molecule has 0 saturated carbocycles. The fourth-order valence-corrected chi connectivity index (χ4v) is 8.41. The Morgan fingerprint density at radius 2 is 1.65 bits per heavy atom. The van der Waals surface area contributed by atoms with E-state index >= 15 is 0 Å². The number of esters is 1. The summed E-state index contributed by atoms with van der Waals surface area (Å²) < 4.78 is 15.8. The molecule has 5 aromatic rings. The maximum atomic E-state index is 14.4. The predicted molar refractivity (Wildman–Crippen MR) is 200 cm³/mol. The van der Waals surface area contributed by atoms with E-state index in [1.807, 2.05) is 84.9 Å². The van der Waals surface area contributed by atoms with E-state index < -0.39 is 12.0 Å². The Kier molecular flexibility index (Phi) is 10.3. The first-order chi connectivity index (χ1) is 22.2. The number of hydrogen-bond acceptors (Lipinski definition) is 6. The highest BCUT2D eigenvalue weighted by atomic mass is 127. The minimum Gasteiger partial charge on any atom is -0.487 e. The average molecular weight is 893 g/mol. The highest BCUT2D eigenvalue weighted by Crippen LogP contribution is 2.36. The van der Waals surface area contributed by atoms with E-state index in [9.17, 15) is 9.59 Å². The topological polar surface area (TPSA) is 69.9 Å². The number of carbonyl (C=O) groups excluding carboxylic acids is 1. The molecule has 1 aliphatic heterocycles. The van der Waals surface area contributed by atoms with Crippen LogP contribution in [0.25, 0.3) is 11.8 Å². The van der Waals surface area contributed by atoms with E-state index in [0.717, 1.165) is 23.8 Å². The molecule has 1 aromatic heterocycles. The zero-order chi connectivity index (χ0) is 32.4. The highest BCUT2D eigenvalue weighted by molar-refractivity contribution is 14.1. The van der Waals surface area contributed by atoms with Crippen LogP contribution < -0.4 is 19.6 Å². The standard InChI is InChI=1S/C35H24Cl2I2N2O4S/c1-2-44-34(43)29-30(21-6-4-3-5-7-21)40-35-41(31(29)22-10-14-25(37)15-11-22)33(42)28(46-35)17-23-16-26(38)18-27(39)32(23)45-19-20-8-12-24(36)13-9-20/h3-18,31H,2,19H2,1H3/b28-17-/t31-/m1/s1. The molecule has 0 unspecified atom stereocenters. The van der Waals surface area contributed by atoms with Gasteiger partial charge in [0.15, 0.2) is 4.80 Å². The van der Waals surface area contributed by atoms with Crippen LogP contribution in [0.2, 0.25) is 10.0 Å². The van der Waals surface area contributed by atoms with Crippen molar-refractivity contribution in [2.75, 3.05) is 6.61 Å². The number of hydrogen-bond donors (Lipinski definition) is 0. The number of ether oxygens (including phenoxy) is 2. The Balaban J connectivity index is 1.55. The molecule has 0 spiro atoms. The molecule has 0 amide bonds. The number of halogens is 4. The van der Waals surface area contributed by atoms with Crippen molar-refractivity contribution in [1.82, 2.24) is 4.57 Å². The second-order valence-corrected chi connectivity index (χ2v) is 14.5. The lowest BCUT2D eigenvalue weighted by Gasteiger charge is -2.26. The van der Waals surface area contributed by atoms with Gasteiger partial charge in [-0.1, -0.05) is 89.1 Å². The van der Waals surface area contributed by atoms with E-state index in [0.29, 0.717) is 43.0 Å². The van der Waals surface area contributed by atoms with Crippen molar-refractivity contribution in [3.05, 3.63) is 156 Å². The molecule has 0 aliphatic carbocycles. The van der Waals surface area contributed by atoms with Crippen LogP contribution in [0.15, 0.2) is 106 Å². The van der Waals surface area contributed by atoms with Gasteiger partial charge in [-0.3, -0.25) is 9.36 Å². The van der Waals surface area contributed by atoms with Crippen molar-refractivity contribution in [3.63, 3.8) is 0 Å². The van der Waals surface area contributed by atoms with Crippen molar-refractivity contribution < 1.29 is 14.3 Å². The first-order valence-electron chi connectivity index (χ1n) is 14.1. The molecule has 46 heavy (non-hydrogen) atoms. The summed E-state index contributed by atoms with van der Waals surface area (Å²) in [5.74, 6) is 0.123. The molecule has 0 saturated heterocycles. The average Bonchev–Trinajstić information content (AvgIpc) is 3.35. The van der Waals surface area contributed by atoms with E-state index in [4.69, 9.17) is 37.7 Å². The van der Waals surface area contributed by atoms with Crippen LogP contribution in [-0.4, -0.2) is 17.1 Å². The van der Waals surface area contributed by atoms with Crippen LogP contribution in [0.5, 0.6) is 5.75 Å². The second-order valence-electron chi connectivity index (χ2n) is 10.2. The number of fused-ring (bicyclic) bond motifs is 1. The highest BCUT2D eigenvalue weighted by Gasteiger charge is 2.35. The Morgan fingerprint density at radius 3 is 2.33 bits per heavy atom. The largest absolute Gasteiger partial charge is 0.487 e. The van der Waals surface area contributed by atoms with E-state index in [1.54, 1.807) is 23.6 Å². The molecular weight excluding hydrogens is 869 g/mol. The number of aromatic nitrogens is 1. The Morgan fingerprint density at radius 1 is 0.978 bits per heavy atom. The summed E-state index contributed by atoms with van der Waals surface area (Å²) in [6, 6.07) is 27.3. The molecule has 0 fully saturated rings. The molecule has 1 atom stereocenters. The van der Waals surface area contributed by atoms with Crippen LogP contribution in [0.3, 0.4) is 0 Å².